The van der Waals surface area contributed by atoms with E-state index in [1.54, 1.807) is 25.3 Å². The zero-order chi connectivity index (χ0) is 13.9. The fourth-order valence-electron chi connectivity index (χ4n) is 2.23. The second-order valence-electron chi connectivity index (χ2n) is 4.82. The third-order valence-electron chi connectivity index (χ3n) is 3.35. The second kappa shape index (κ2) is 6.00. The second-order valence-corrected chi connectivity index (χ2v) is 6.76. The van der Waals surface area contributed by atoms with Crippen LogP contribution in [0.5, 0.6) is 0 Å². The molecule has 0 aliphatic carbocycles. The first-order valence-electron chi connectivity index (χ1n) is 6.37. The summed E-state index contributed by atoms with van der Waals surface area (Å²) in [7, 11) is -1.81. The molecule has 2 N–H and O–H groups in total. The van der Waals surface area contributed by atoms with Gasteiger partial charge in [0, 0.05) is 26.2 Å². The van der Waals surface area contributed by atoms with Crippen molar-refractivity contribution in [2.24, 2.45) is 5.73 Å². The number of nitrogens with zero attached hydrogens (tertiary/aromatic N) is 1. The molecule has 0 amide bonds. The van der Waals surface area contributed by atoms with Gasteiger partial charge in [0.2, 0.25) is 10.0 Å². The van der Waals surface area contributed by atoms with Gasteiger partial charge in [-0.25, -0.2) is 8.42 Å². The molecule has 0 unspecified atom stereocenters. The summed E-state index contributed by atoms with van der Waals surface area (Å²) >= 11 is 0. The lowest BCUT2D eigenvalue weighted by atomic mass is 10.1. The first-order valence-corrected chi connectivity index (χ1v) is 7.81. The molecule has 0 radical (unpaired) electrons. The lowest BCUT2D eigenvalue weighted by Crippen LogP contribution is -2.42. The van der Waals surface area contributed by atoms with E-state index in [9.17, 15) is 8.42 Å². The quantitative estimate of drug-likeness (QED) is 0.893. The van der Waals surface area contributed by atoms with Crippen LogP contribution in [-0.2, 0) is 21.4 Å². The van der Waals surface area contributed by atoms with Crippen LogP contribution < -0.4 is 5.73 Å². The maximum atomic E-state index is 12.5. The number of methoxy groups -OCH3 is 1. The smallest absolute Gasteiger partial charge is 0.243 e. The van der Waals surface area contributed by atoms with Crippen molar-refractivity contribution in [2.75, 3.05) is 20.2 Å². The van der Waals surface area contributed by atoms with Crippen molar-refractivity contribution in [1.82, 2.24) is 4.31 Å². The summed E-state index contributed by atoms with van der Waals surface area (Å²) in [5.74, 6) is 0. The lowest BCUT2D eigenvalue weighted by Gasteiger charge is -2.29. The predicted octanol–water partition coefficient (Wildman–Crippen LogP) is 0.945. The Kier molecular flexibility index (Phi) is 4.57. The van der Waals surface area contributed by atoms with Crippen LogP contribution in [0.2, 0.25) is 0 Å². The molecule has 1 aliphatic heterocycles. The van der Waals surface area contributed by atoms with E-state index >= 15 is 0 Å². The van der Waals surface area contributed by atoms with Crippen molar-refractivity contribution in [3.63, 3.8) is 0 Å². The molecule has 1 aliphatic rings. The van der Waals surface area contributed by atoms with E-state index in [0.717, 1.165) is 18.4 Å². The van der Waals surface area contributed by atoms with Crippen molar-refractivity contribution in [3.8, 4) is 0 Å². The number of hydrogen-bond acceptors (Lipinski definition) is 4. The molecule has 0 spiro atoms. The van der Waals surface area contributed by atoms with E-state index in [-0.39, 0.29) is 6.04 Å². The topological polar surface area (TPSA) is 72.6 Å². The minimum absolute atomic E-state index is 0.117. The summed E-state index contributed by atoms with van der Waals surface area (Å²) in [4.78, 5) is 0.331. The molecule has 1 heterocycles. The van der Waals surface area contributed by atoms with Gasteiger partial charge < -0.3 is 10.5 Å². The fraction of sp³-hybridized carbons (Fsp3) is 0.538. The number of hydrogen-bond donors (Lipinski definition) is 1. The molecule has 5 nitrogen and oxygen atoms in total. The van der Waals surface area contributed by atoms with Crippen LogP contribution >= 0.6 is 0 Å². The van der Waals surface area contributed by atoms with Gasteiger partial charge in [-0.3, -0.25) is 0 Å². The predicted molar refractivity (Wildman–Crippen MR) is 73.1 cm³/mol. The highest BCUT2D eigenvalue weighted by molar-refractivity contribution is 7.89. The van der Waals surface area contributed by atoms with Gasteiger partial charge in [-0.1, -0.05) is 12.1 Å². The number of benzene rings is 1. The Bertz CT molecular complexity index is 522. The molecule has 19 heavy (non-hydrogen) atoms. The highest BCUT2D eigenvalue weighted by atomic mass is 32.2. The molecule has 0 aromatic heterocycles. The molecular formula is C13H20N2O3S. The molecule has 106 valence electrons. The van der Waals surface area contributed by atoms with Gasteiger partial charge in [-0.2, -0.15) is 4.31 Å². The third-order valence-corrected chi connectivity index (χ3v) is 5.24. The number of ether oxygens (including phenoxy) is 1. The first-order chi connectivity index (χ1) is 9.04. The van der Waals surface area contributed by atoms with E-state index in [1.807, 2.05) is 6.07 Å². The van der Waals surface area contributed by atoms with Crippen LogP contribution in [0.1, 0.15) is 18.4 Å². The van der Waals surface area contributed by atoms with Gasteiger partial charge in [-0.05, 0) is 30.5 Å². The monoisotopic (exact) mass is 284 g/mol. The van der Waals surface area contributed by atoms with E-state index in [1.165, 1.54) is 4.31 Å². The molecule has 0 saturated carbocycles. The van der Waals surface area contributed by atoms with Crippen LogP contribution in [0.3, 0.4) is 0 Å². The zero-order valence-electron chi connectivity index (χ0n) is 11.1. The molecule has 2 rings (SSSR count). The maximum Gasteiger partial charge on any atom is 0.243 e. The summed E-state index contributed by atoms with van der Waals surface area (Å²) in [5, 5.41) is 0. The van der Waals surface area contributed by atoms with E-state index in [4.69, 9.17) is 10.5 Å². The van der Waals surface area contributed by atoms with Gasteiger partial charge in [-0.15, -0.1) is 0 Å². The molecule has 1 aromatic carbocycles. The summed E-state index contributed by atoms with van der Waals surface area (Å²) in [6, 6.07) is 7.02. The molecular weight excluding hydrogens is 264 g/mol. The summed E-state index contributed by atoms with van der Waals surface area (Å²) in [6.07, 6.45) is 1.44. The Morgan fingerprint density at radius 2 is 2.05 bits per heavy atom. The summed E-state index contributed by atoms with van der Waals surface area (Å²) < 4.78 is 31.5. The largest absolute Gasteiger partial charge is 0.380 e. The highest BCUT2D eigenvalue weighted by Gasteiger charge is 2.28. The van der Waals surface area contributed by atoms with Crippen LogP contribution in [0.4, 0.5) is 0 Å². The van der Waals surface area contributed by atoms with Crippen molar-refractivity contribution in [1.29, 1.82) is 0 Å². The van der Waals surface area contributed by atoms with Crippen LogP contribution in [0, 0.1) is 0 Å². The van der Waals surface area contributed by atoms with Crippen LogP contribution in [0.25, 0.3) is 0 Å². The number of rotatable bonds is 4. The van der Waals surface area contributed by atoms with Gasteiger partial charge in [0.15, 0.2) is 0 Å². The van der Waals surface area contributed by atoms with Gasteiger partial charge in [0.25, 0.3) is 0 Å². The maximum absolute atomic E-state index is 12.5. The zero-order valence-corrected chi connectivity index (χ0v) is 11.9. The number of sulfonamides is 1. The molecule has 1 aromatic rings. The Morgan fingerprint density at radius 3 is 2.68 bits per heavy atom. The van der Waals surface area contributed by atoms with Crippen molar-refractivity contribution < 1.29 is 13.2 Å². The molecule has 0 bridgehead atoms. The number of nitrogens with two attached hydrogens (primary N) is 1. The lowest BCUT2D eigenvalue weighted by molar-refractivity contribution is 0.184. The van der Waals surface area contributed by atoms with Crippen molar-refractivity contribution >= 4 is 10.0 Å². The van der Waals surface area contributed by atoms with Gasteiger partial charge >= 0.3 is 0 Å². The Morgan fingerprint density at radius 1 is 1.37 bits per heavy atom. The third kappa shape index (κ3) is 3.33. The number of piperidine rings is 1. The van der Waals surface area contributed by atoms with Crippen molar-refractivity contribution in [2.45, 2.75) is 30.4 Å². The van der Waals surface area contributed by atoms with Crippen LogP contribution in [0.15, 0.2) is 29.2 Å². The normalized spacial score (nSPS) is 18.6. The van der Waals surface area contributed by atoms with Crippen LogP contribution in [-0.4, -0.2) is 39.0 Å². The van der Waals surface area contributed by atoms with Gasteiger partial charge in [0.05, 0.1) is 11.5 Å². The summed E-state index contributed by atoms with van der Waals surface area (Å²) in [5.41, 5.74) is 6.66. The average Bonchev–Trinajstić information content (AvgIpc) is 2.40. The minimum atomic E-state index is -3.40. The molecule has 0 atom stereocenters. The standard InChI is InChI=1S/C13H20N2O3S/c1-18-10-11-3-2-4-13(9-11)19(16,17)15-7-5-12(14)6-8-15/h2-4,9,12H,5-8,10,14H2,1H3. The van der Waals surface area contributed by atoms with E-state index in [0.29, 0.717) is 24.6 Å². The summed E-state index contributed by atoms with van der Waals surface area (Å²) in [6.45, 7) is 1.41. The first kappa shape index (κ1) is 14.5. The molecule has 1 fully saturated rings. The fourth-order valence-corrected chi connectivity index (χ4v) is 3.77. The van der Waals surface area contributed by atoms with E-state index in [2.05, 4.69) is 0 Å². The minimum Gasteiger partial charge on any atom is -0.380 e. The van der Waals surface area contributed by atoms with Gasteiger partial charge in [0.1, 0.15) is 0 Å². The Labute approximate surface area is 114 Å². The Hall–Kier alpha value is -0.950. The highest BCUT2D eigenvalue weighted by Crippen LogP contribution is 2.21. The van der Waals surface area contributed by atoms with Crippen molar-refractivity contribution in [3.05, 3.63) is 29.8 Å². The van der Waals surface area contributed by atoms with E-state index < -0.39 is 10.0 Å². The SMILES string of the molecule is COCc1cccc(S(=O)(=O)N2CCC(N)CC2)c1. The Balaban J connectivity index is 2.21. The average molecular weight is 284 g/mol. The molecule has 1 saturated heterocycles. The molecule has 6 heteroatoms.